The fraction of sp³-hybridized carbons (Fsp3) is 0.150. The minimum atomic E-state index is -3.81. The van der Waals surface area contributed by atoms with Gasteiger partial charge < -0.3 is 10.1 Å². The van der Waals surface area contributed by atoms with Crippen molar-refractivity contribution in [1.82, 2.24) is 9.55 Å². The third kappa shape index (κ3) is 5.31. The number of sulfonamides is 1. The van der Waals surface area contributed by atoms with Gasteiger partial charge in [-0.05, 0) is 55.5 Å². The lowest BCUT2D eigenvalue weighted by Gasteiger charge is -2.09. The lowest BCUT2D eigenvalue weighted by Crippen LogP contribution is -2.27. The lowest BCUT2D eigenvalue weighted by molar-refractivity contribution is -0.116. The van der Waals surface area contributed by atoms with E-state index in [4.69, 9.17) is 9.88 Å². The summed E-state index contributed by atoms with van der Waals surface area (Å²) in [5.41, 5.74) is 1.23. The summed E-state index contributed by atoms with van der Waals surface area (Å²) in [7, 11) is -3.81. The van der Waals surface area contributed by atoms with Crippen LogP contribution in [0.25, 0.3) is 11.3 Å². The van der Waals surface area contributed by atoms with Crippen molar-refractivity contribution in [3.63, 3.8) is 0 Å². The first-order valence-corrected chi connectivity index (χ1v) is 10.5. The molecule has 30 heavy (non-hydrogen) atoms. The van der Waals surface area contributed by atoms with Gasteiger partial charge in [0.05, 0.1) is 23.5 Å². The molecule has 0 aliphatic rings. The molecule has 0 saturated heterocycles. The van der Waals surface area contributed by atoms with E-state index < -0.39 is 15.9 Å². The van der Waals surface area contributed by atoms with Gasteiger partial charge in [0, 0.05) is 17.3 Å². The van der Waals surface area contributed by atoms with Crippen LogP contribution < -0.4 is 20.8 Å². The molecule has 1 heterocycles. The van der Waals surface area contributed by atoms with Crippen LogP contribution in [0.4, 0.5) is 5.69 Å². The summed E-state index contributed by atoms with van der Waals surface area (Å²) in [5.74, 6) is 0.263. The Morgan fingerprint density at radius 2 is 1.80 bits per heavy atom. The molecule has 0 aliphatic carbocycles. The van der Waals surface area contributed by atoms with E-state index >= 15 is 0 Å². The average molecular weight is 428 g/mol. The Hall–Kier alpha value is -3.50. The summed E-state index contributed by atoms with van der Waals surface area (Å²) in [6, 6.07) is 13.9. The molecule has 0 unspecified atom stereocenters. The molecule has 10 heteroatoms. The van der Waals surface area contributed by atoms with Crippen molar-refractivity contribution in [2.24, 2.45) is 5.14 Å². The minimum absolute atomic E-state index is 0.0641. The number of nitrogens with zero attached hydrogens (tertiary/aromatic N) is 2. The number of amides is 1. The van der Waals surface area contributed by atoms with Gasteiger partial charge in [0.15, 0.2) is 0 Å². The number of benzene rings is 2. The first kappa shape index (κ1) is 21.2. The number of nitrogens with one attached hydrogen (secondary N) is 1. The molecule has 3 aromatic rings. The van der Waals surface area contributed by atoms with E-state index in [1.807, 2.05) is 6.92 Å². The van der Waals surface area contributed by atoms with Crippen molar-refractivity contribution in [2.45, 2.75) is 18.4 Å². The molecule has 156 valence electrons. The molecular formula is C20H20N4O5S. The molecule has 0 aliphatic heterocycles. The topological polar surface area (TPSA) is 133 Å². The predicted molar refractivity (Wildman–Crippen MR) is 112 cm³/mol. The van der Waals surface area contributed by atoms with Gasteiger partial charge in [-0.3, -0.25) is 14.2 Å². The number of anilines is 1. The Bertz CT molecular complexity index is 1200. The molecule has 0 fully saturated rings. The fourth-order valence-corrected chi connectivity index (χ4v) is 3.19. The van der Waals surface area contributed by atoms with E-state index in [1.54, 1.807) is 24.3 Å². The SMILES string of the molecule is CCOc1ccc(-c2cc(=O)n(CC(=O)Nc3ccc(S(N)(=O)=O)cc3)cn2)cc1. The fourth-order valence-electron chi connectivity index (χ4n) is 2.67. The van der Waals surface area contributed by atoms with E-state index in [0.717, 1.165) is 11.3 Å². The van der Waals surface area contributed by atoms with Gasteiger partial charge in [0.25, 0.3) is 5.56 Å². The van der Waals surface area contributed by atoms with E-state index in [1.165, 1.54) is 41.2 Å². The van der Waals surface area contributed by atoms with E-state index in [2.05, 4.69) is 10.3 Å². The third-order valence-corrected chi connectivity index (χ3v) is 5.05. The number of carbonyl (C=O) groups is 1. The Balaban J connectivity index is 1.68. The Kier molecular flexibility index (Phi) is 6.28. The number of rotatable bonds is 7. The summed E-state index contributed by atoms with van der Waals surface area (Å²) in [4.78, 5) is 28.8. The zero-order valence-corrected chi connectivity index (χ0v) is 16.9. The normalized spacial score (nSPS) is 11.1. The molecule has 3 N–H and O–H groups in total. The second kappa shape index (κ2) is 8.89. The highest BCUT2D eigenvalue weighted by atomic mass is 32.2. The number of hydrogen-bond acceptors (Lipinski definition) is 6. The van der Waals surface area contributed by atoms with Gasteiger partial charge in [-0.2, -0.15) is 0 Å². The van der Waals surface area contributed by atoms with Gasteiger partial charge in [-0.1, -0.05) is 0 Å². The highest BCUT2D eigenvalue weighted by Crippen LogP contribution is 2.19. The van der Waals surface area contributed by atoms with Gasteiger partial charge in [0.1, 0.15) is 12.3 Å². The van der Waals surface area contributed by atoms with Crippen molar-refractivity contribution in [3.05, 3.63) is 71.3 Å². The molecule has 1 amide bonds. The van der Waals surface area contributed by atoms with E-state index in [-0.39, 0.29) is 17.0 Å². The number of aromatic nitrogens is 2. The molecule has 1 aromatic heterocycles. The molecule has 3 rings (SSSR count). The predicted octanol–water partition coefficient (Wildman–Crippen LogP) is 1.60. The molecule has 0 radical (unpaired) electrons. The highest BCUT2D eigenvalue weighted by Gasteiger charge is 2.10. The van der Waals surface area contributed by atoms with E-state index in [9.17, 15) is 18.0 Å². The molecule has 0 bridgehead atoms. The summed E-state index contributed by atoms with van der Waals surface area (Å²) in [5, 5.41) is 7.62. The Labute approximate surface area is 173 Å². The van der Waals surface area contributed by atoms with Gasteiger partial charge in [-0.25, -0.2) is 18.5 Å². The molecule has 0 spiro atoms. The van der Waals surface area contributed by atoms with Crippen molar-refractivity contribution < 1.29 is 17.9 Å². The number of primary sulfonamides is 1. The maximum absolute atomic E-state index is 12.4. The van der Waals surface area contributed by atoms with Crippen LogP contribution >= 0.6 is 0 Å². The van der Waals surface area contributed by atoms with Gasteiger partial charge in [-0.15, -0.1) is 0 Å². The Morgan fingerprint density at radius 3 is 2.37 bits per heavy atom. The summed E-state index contributed by atoms with van der Waals surface area (Å²) in [6.45, 7) is 2.21. The molecule has 0 saturated carbocycles. The zero-order chi connectivity index (χ0) is 21.7. The van der Waals surface area contributed by atoms with Crippen molar-refractivity contribution in [1.29, 1.82) is 0 Å². The van der Waals surface area contributed by atoms with Crippen molar-refractivity contribution >= 4 is 21.6 Å². The maximum atomic E-state index is 12.4. The molecule has 0 atom stereocenters. The summed E-state index contributed by atoms with van der Waals surface area (Å²) < 4.78 is 29.1. The minimum Gasteiger partial charge on any atom is -0.494 e. The maximum Gasteiger partial charge on any atom is 0.254 e. The van der Waals surface area contributed by atoms with Crippen LogP contribution in [0.5, 0.6) is 5.75 Å². The smallest absolute Gasteiger partial charge is 0.254 e. The van der Waals surface area contributed by atoms with Crippen LogP contribution in [0.3, 0.4) is 0 Å². The van der Waals surface area contributed by atoms with Crippen LogP contribution in [0.15, 0.2) is 70.6 Å². The quantitative estimate of drug-likeness (QED) is 0.587. The second-order valence-electron chi connectivity index (χ2n) is 6.32. The lowest BCUT2D eigenvalue weighted by atomic mass is 10.1. The molecular weight excluding hydrogens is 408 g/mol. The number of nitrogens with two attached hydrogens (primary N) is 1. The standard InChI is InChI=1S/C20H20N4O5S/c1-2-29-16-7-3-14(4-8-16)18-11-20(26)24(13-22-18)12-19(25)23-15-5-9-17(10-6-15)30(21,27)28/h3-11,13H,2,12H2,1H3,(H,23,25)(H2,21,27,28). The van der Waals surface area contributed by atoms with Crippen LogP contribution in [-0.4, -0.2) is 30.5 Å². The number of carbonyl (C=O) groups excluding carboxylic acids is 1. The summed E-state index contributed by atoms with van der Waals surface area (Å²) >= 11 is 0. The summed E-state index contributed by atoms with van der Waals surface area (Å²) in [6.07, 6.45) is 1.30. The molecule has 2 aromatic carbocycles. The first-order valence-electron chi connectivity index (χ1n) is 8.98. The van der Waals surface area contributed by atoms with E-state index in [0.29, 0.717) is 18.0 Å². The number of hydrogen-bond donors (Lipinski definition) is 2. The largest absolute Gasteiger partial charge is 0.494 e. The molecule has 9 nitrogen and oxygen atoms in total. The van der Waals surface area contributed by atoms with Crippen molar-refractivity contribution in [2.75, 3.05) is 11.9 Å². The highest BCUT2D eigenvalue weighted by molar-refractivity contribution is 7.89. The number of ether oxygens (including phenoxy) is 1. The third-order valence-electron chi connectivity index (χ3n) is 4.12. The van der Waals surface area contributed by atoms with Gasteiger partial charge >= 0.3 is 0 Å². The first-order chi connectivity index (χ1) is 14.3. The monoisotopic (exact) mass is 428 g/mol. The zero-order valence-electron chi connectivity index (χ0n) is 16.1. The van der Waals surface area contributed by atoms with Crippen LogP contribution in [-0.2, 0) is 21.4 Å². The van der Waals surface area contributed by atoms with Crippen LogP contribution in [0, 0.1) is 0 Å². The van der Waals surface area contributed by atoms with Crippen LogP contribution in [0.2, 0.25) is 0 Å². The Morgan fingerprint density at radius 1 is 1.13 bits per heavy atom. The van der Waals surface area contributed by atoms with Crippen molar-refractivity contribution in [3.8, 4) is 17.0 Å². The van der Waals surface area contributed by atoms with Gasteiger partial charge in [0.2, 0.25) is 15.9 Å². The van der Waals surface area contributed by atoms with Crippen LogP contribution in [0.1, 0.15) is 6.92 Å². The second-order valence-corrected chi connectivity index (χ2v) is 7.88. The average Bonchev–Trinajstić information content (AvgIpc) is 2.70.